The van der Waals surface area contributed by atoms with E-state index >= 15 is 0 Å². The second kappa shape index (κ2) is 5.46. The SMILES string of the molecule is CC(CCCN)c1ccc([N+](=O)[O-])cc1. The molecule has 0 aliphatic rings. The van der Waals surface area contributed by atoms with Crippen molar-refractivity contribution in [1.29, 1.82) is 0 Å². The van der Waals surface area contributed by atoms with Gasteiger partial charge in [-0.1, -0.05) is 19.1 Å². The molecule has 2 N–H and O–H groups in total. The minimum atomic E-state index is -0.381. The van der Waals surface area contributed by atoms with Gasteiger partial charge in [-0.15, -0.1) is 0 Å². The van der Waals surface area contributed by atoms with Crippen LogP contribution in [-0.4, -0.2) is 11.5 Å². The van der Waals surface area contributed by atoms with Gasteiger partial charge in [0.05, 0.1) is 4.92 Å². The molecule has 1 unspecified atom stereocenters. The molecule has 4 heteroatoms. The Morgan fingerprint density at radius 1 is 1.40 bits per heavy atom. The zero-order valence-corrected chi connectivity index (χ0v) is 8.85. The second-order valence-electron chi connectivity index (χ2n) is 3.68. The molecule has 0 heterocycles. The third-order valence-corrected chi connectivity index (χ3v) is 2.51. The van der Waals surface area contributed by atoms with Crippen molar-refractivity contribution in [3.8, 4) is 0 Å². The van der Waals surface area contributed by atoms with Crippen LogP contribution in [0.2, 0.25) is 0 Å². The van der Waals surface area contributed by atoms with E-state index in [0.717, 1.165) is 18.4 Å². The largest absolute Gasteiger partial charge is 0.330 e. The second-order valence-corrected chi connectivity index (χ2v) is 3.68. The predicted octanol–water partition coefficient (Wildman–Crippen LogP) is 2.44. The van der Waals surface area contributed by atoms with Crippen LogP contribution < -0.4 is 5.73 Å². The van der Waals surface area contributed by atoms with Crippen LogP contribution >= 0.6 is 0 Å². The van der Waals surface area contributed by atoms with Gasteiger partial charge in [-0.3, -0.25) is 10.1 Å². The van der Waals surface area contributed by atoms with E-state index in [1.807, 2.05) is 12.1 Å². The summed E-state index contributed by atoms with van der Waals surface area (Å²) in [5.41, 5.74) is 6.71. The minimum absolute atomic E-state index is 0.143. The summed E-state index contributed by atoms with van der Waals surface area (Å²) in [6.45, 7) is 2.80. The van der Waals surface area contributed by atoms with Crippen LogP contribution in [0.5, 0.6) is 0 Å². The number of rotatable bonds is 5. The molecule has 82 valence electrons. The van der Waals surface area contributed by atoms with Crippen molar-refractivity contribution in [2.45, 2.75) is 25.7 Å². The van der Waals surface area contributed by atoms with E-state index in [1.165, 1.54) is 0 Å². The first kappa shape index (κ1) is 11.7. The molecule has 0 saturated heterocycles. The van der Waals surface area contributed by atoms with Gasteiger partial charge < -0.3 is 5.73 Å². The number of nitro groups is 1. The molecule has 1 atom stereocenters. The average Bonchev–Trinajstić information content (AvgIpc) is 2.26. The summed E-state index contributed by atoms with van der Waals surface area (Å²) in [5.74, 6) is 0.411. The number of hydrogen-bond donors (Lipinski definition) is 1. The van der Waals surface area contributed by atoms with Crippen LogP contribution in [0.25, 0.3) is 0 Å². The molecule has 4 nitrogen and oxygen atoms in total. The van der Waals surface area contributed by atoms with Crippen LogP contribution in [0, 0.1) is 10.1 Å². The summed E-state index contributed by atoms with van der Waals surface area (Å²) in [6, 6.07) is 6.74. The Kier molecular flexibility index (Phi) is 4.24. The summed E-state index contributed by atoms with van der Waals surface area (Å²) in [7, 11) is 0. The third kappa shape index (κ3) is 3.32. The quantitative estimate of drug-likeness (QED) is 0.596. The van der Waals surface area contributed by atoms with Crippen molar-refractivity contribution in [3.63, 3.8) is 0 Å². The van der Waals surface area contributed by atoms with Crippen LogP contribution in [0.1, 0.15) is 31.2 Å². The summed E-state index contributed by atoms with van der Waals surface area (Å²) >= 11 is 0. The van der Waals surface area contributed by atoms with Gasteiger partial charge in [-0.05, 0) is 30.9 Å². The molecule has 1 rings (SSSR count). The van der Waals surface area contributed by atoms with Gasteiger partial charge in [-0.25, -0.2) is 0 Å². The van der Waals surface area contributed by atoms with E-state index in [2.05, 4.69) is 6.92 Å². The maximum Gasteiger partial charge on any atom is 0.269 e. The molecule has 0 bridgehead atoms. The Morgan fingerprint density at radius 3 is 2.47 bits per heavy atom. The number of hydrogen-bond acceptors (Lipinski definition) is 3. The maximum atomic E-state index is 10.4. The molecule has 0 saturated carbocycles. The topological polar surface area (TPSA) is 69.2 Å². The van der Waals surface area contributed by atoms with Gasteiger partial charge in [0.2, 0.25) is 0 Å². The van der Waals surface area contributed by atoms with Gasteiger partial charge in [0.1, 0.15) is 0 Å². The Bertz CT molecular complexity index is 322. The Morgan fingerprint density at radius 2 is 2.00 bits per heavy atom. The summed E-state index contributed by atoms with van der Waals surface area (Å²) in [4.78, 5) is 10.1. The van der Waals surface area contributed by atoms with Crippen molar-refractivity contribution < 1.29 is 4.92 Å². The molecule has 1 aromatic carbocycles. The molecule has 0 aliphatic heterocycles. The number of non-ortho nitro benzene ring substituents is 1. The zero-order valence-electron chi connectivity index (χ0n) is 8.85. The fourth-order valence-corrected chi connectivity index (χ4v) is 1.52. The predicted molar refractivity (Wildman–Crippen MR) is 59.8 cm³/mol. The molecule has 0 aliphatic carbocycles. The number of nitro benzene ring substituents is 1. The van der Waals surface area contributed by atoms with Crippen molar-refractivity contribution in [2.24, 2.45) is 5.73 Å². The first-order valence-electron chi connectivity index (χ1n) is 5.09. The highest BCUT2D eigenvalue weighted by Gasteiger charge is 2.08. The lowest BCUT2D eigenvalue weighted by Crippen LogP contribution is -2.02. The average molecular weight is 208 g/mol. The summed E-state index contributed by atoms with van der Waals surface area (Å²) in [5, 5.41) is 10.4. The fraction of sp³-hybridized carbons (Fsp3) is 0.455. The summed E-state index contributed by atoms with van der Waals surface area (Å²) in [6.07, 6.45) is 2.01. The van der Waals surface area contributed by atoms with Crippen molar-refractivity contribution in [2.75, 3.05) is 6.54 Å². The minimum Gasteiger partial charge on any atom is -0.330 e. The number of benzene rings is 1. The van der Waals surface area contributed by atoms with Gasteiger partial charge in [0, 0.05) is 12.1 Å². The molecule has 15 heavy (non-hydrogen) atoms. The number of nitrogens with zero attached hydrogens (tertiary/aromatic N) is 1. The summed E-state index contributed by atoms with van der Waals surface area (Å²) < 4.78 is 0. The Labute approximate surface area is 89.2 Å². The normalized spacial score (nSPS) is 12.4. The lowest BCUT2D eigenvalue weighted by atomic mass is 9.96. The highest BCUT2D eigenvalue weighted by atomic mass is 16.6. The van der Waals surface area contributed by atoms with Crippen molar-refractivity contribution in [1.82, 2.24) is 0 Å². The molecule has 0 fully saturated rings. The first-order valence-corrected chi connectivity index (χ1v) is 5.09. The van der Waals surface area contributed by atoms with Gasteiger partial charge in [0.15, 0.2) is 0 Å². The van der Waals surface area contributed by atoms with Crippen LogP contribution in [0.15, 0.2) is 24.3 Å². The highest BCUT2D eigenvalue weighted by molar-refractivity contribution is 5.34. The van der Waals surface area contributed by atoms with E-state index in [1.54, 1.807) is 12.1 Å². The van der Waals surface area contributed by atoms with E-state index < -0.39 is 0 Å². The lowest BCUT2D eigenvalue weighted by molar-refractivity contribution is -0.384. The number of nitrogens with two attached hydrogens (primary N) is 1. The van der Waals surface area contributed by atoms with E-state index in [9.17, 15) is 10.1 Å². The molecule has 0 radical (unpaired) electrons. The maximum absolute atomic E-state index is 10.4. The molecule has 1 aromatic rings. The van der Waals surface area contributed by atoms with Gasteiger partial charge in [0.25, 0.3) is 5.69 Å². The molecular weight excluding hydrogens is 192 g/mol. The van der Waals surface area contributed by atoms with E-state index in [0.29, 0.717) is 12.5 Å². The molecular formula is C11H16N2O2. The standard InChI is InChI=1S/C11H16N2O2/c1-9(3-2-8-12)10-4-6-11(7-5-10)13(14)15/h4-7,9H,2-3,8,12H2,1H3. The van der Waals surface area contributed by atoms with Crippen molar-refractivity contribution >= 4 is 5.69 Å². The van der Waals surface area contributed by atoms with Crippen LogP contribution in [0.4, 0.5) is 5.69 Å². The zero-order chi connectivity index (χ0) is 11.3. The molecule has 0 spiro atoms. The van der Waals surface area contributed by atoms with Gasteiger partial charge >= 0.3 is 0 Å². The van der Waals surface area contributed by atoms with Gasteiger partial charge in [-0.2, -0.15) is 0 Å². The molecule has 0 aromatic heterocycles. The third-order valence-electron chi connectivity index (χ3n) is 2.51. The first-order chi connectivity index (χ1) is 7.15. The monoisotopic (exact) mass is 208 g/mol. The smallest absolute Gasteiger partial charge is 0.269 e. The van der Waals surface area contributed by atoms with Crippen LogP contribution in [0.3, 0.4) is 0 Å². The highest BCUT2D eigenvalue weighted by Crippen LogP contribution is 2.22. The van der Waals surface area contributed by atoms with E-state index in [4.69, 9.17) is 5.73 Å². The molecule has 0 amide bonds. The Balaban J connectivity index is 2.66. The lowest BCUT2D eigenvalue weighted by Gasteiger charge is -2.10. The Hall–Kier alpha value is -1.42. The van der Waals surface area contributed by atoms with E-state index in [-0.39, 0.29) is 10.6 Å². The van der Waals surface area contributed by atoms with Crippen molar-refractivity contribution in [3.05, 3.63) is 39.9 Å². The fourth-order valence-electron chi connectivity index (χ4n) is 1.52. The van der Waals surface area contributed by atoms with Crippen LogP contribution in [-0.2, 0) is 0 Å².